The topological polar surface area (TPSA) is 75.6 Å². The summed E-state index contributed by atoms with van der Waals surface area (Å²) in [6, 6.07) is -1.82. The van der Waals surface area contributed by atoms with Gasteiger partial charge in [-0.15, -0.1) is 0 Å². The lowest BCUT2D eigenvalue weighted by molar-refractivity contribution is -0.139. The minimum absolute atomic E-state index is 0.0613. The SMILES string of the molecule is [2H]c1ccc(-c2nc(NC(C)C(F)(F)F)nc(NC(C)C(F)(F)F)n2)nc1Cl. The van der Waals surface area contributed by atoms with E-state index in [9.17, 15) is 26.3 Å². The summed E-state index contributed by atoms with van der Waals surface area (Å²) >= 11 is 5.73. The third-order valence-electron chi connectivity index (χ3n) is 3.20. The molecule has 2 aromatic rings. The van der Waals surface area contributed by atoms with Crippen LogP contribution in [0.5, 0.6) is 0 Å². The Balaban J connectivity index is 2.47. The summed E-state index contributed by atoms with van der Waals surface area (Å²) in [6.07, 6.45) is -9.29. The van der Waals surface area contributed by atoms with Crippen LogP contribution < -0.4 is 10.6 Å². The van der Waals surface area contributed by atoms with Gasteiger partial charge in [-0.2, -0.15) is 41.3 Å². The zero-order valence-corrected chi connectivity index (χ0v) is 14.5. The first kappa shape index (κ1) is 19.4. The van der Waals surface area contributed by atoms with Crippen LogP contribution >= 0.6 is 11.6 Å². The molecule has 2 unspecified atom stereocenters. The minimum atomic E-state index is -4.64. The standard InChI is InChI=1S/C14H13ClF6N6/c1-6(13(16,17)18)22-11-25-10(8-4-3-5-9(15)24-8)26-12(27-11)23-7(2)14(19,20)21/h3-7H,1-2H3,(H2,22,23,25,26,27)/i5D. The Morgan fingerprint density at radius 3 is 1.81 bits per heavy atom. The quantitative estimate of drug-likeness (QED) is 0.560. The van der Waals surface area contributed by atoms with E-state index >= 15 is 0 Å². The molecule has 2 rings (SSSR count). The van der Waals surface area contributed by atoms with Gasteiger partial charge < -0.3 is 10.6 Å². The average molecular weight is 416 g/mol. The van der Waals surface area contributed by atoms with E-state index in [2.05, 4.69) is 19.9 Å². The highest BCUT2D eigenvalue weighted by atomic mass is 35.5. The molecule has 0 aliphatic carbocycles. The molecule has 13 heteroatoms. The molecule has 0 bridgehead atoms. The number of hydrogen-bond donors (Lipinski definition) is 2. The second-order valence-electron chi connectivity index (χ2n) is 5.39. The summed E-state index contributed by atoms with van der Waals surface area (Å²) in [4.78, 5) is 14.9. The summed E-state index contributed by atoms with van der Waals surface area (Å²) in [5.74, 6) is -1.55. The number of hydrogen-bond acceptors (Lipinski definition) is 6. The number of alkyl halides is 6. The lowest BCUT2D eigenvalue weighted by Gasteiger charge is -2.20. The normalized spacial score (nSPS) is 15.1. The van der Waals surface area contributed by atoms with Gasteiger partial charge in [0.2, 0.25) is 11.9 Å². The van der Waals surface area contributed by atoms with Crippen LogP contribution in [0.25, 0.3) is 11.5 Å². The van der Waals surface area contributed by atoms with Gasteiger partial charge in [0, 0.05) is 0 Å². The molecular weight excluding hydrogens is 402 g/mol. The number of rotatable bonds is 5. The molecule has 0 saturated carbocycles. The van der Waals surface area contributed by atoms with Crippen molar-refractivity contribution in [3.05, 3.63) is 23.3 Å². The van der Waals surface area contributed by atoms with E-state index in [-0.39, 0.29) is 22.7 Å². The lowest BCUT2D eigenvalue weighted by Crippen LogP contribution is -2.35. The Labute approximate surface area is 155 Å². The van der Waals surface area contributed by atoms with Crippen molar-refractivity contribution < 1.29 is 27.7 Å². The maximum atomic E-state index is 12.8. The van der Waals surface area contributed by atoms with Crippen LogP contribution in [0.2, 0.25) is 5.15 Å². The molecular formula is C14H13ClF6N6. The van der Waals surface area contributed by atoms with E-state index in [0.29, 0.717) is 0 Å². The minimum Gasteiger partial charge on any atom is -0.343 e. The van der Waals surface area contributed by atoms with Gasteiger partial charge in [0.25, 0.3) is 0 Å². The molecule has 6 nitrogen and oxygen atoms in total. The van der Waals surface area contributed by atoms with Gasteiger partial charge >= 0.3 is 12.4 Å². The summed E-state index contributed by atoms with van der Waals surface area (Å²) in [5.41, 5.74) is -0.0613. The molecule has 0 saturated heterocycles. The zero-order valence-electron chi connectivity index (χ0n) is 14.7. The largest absolute Gasteiger partial charge is 0.408 e. The van der Waals surface area contributed by atoms with E-state index in [0.717, 1.165) is 13.8 Å². The fourth-order valence-corrected chi connectivity index (χ4v) is 1.81. The maximum absolute atomic E-state index is 12.8. The molecule has 0 radical (unpaired) electrons. The fourth-order valence-electron chi connectivity index (χ4n) is 1.66. The molecule has 0 aliphatic heterocycles. The molecule has 27 heavy (non-hydrogen) atoms. The van der Waals surface area contributed by atoms with E-state index in [4.69, 9.17) is 13.0 Å². The second-order valence-corrected chi connectivity index (χ2v) is 5.75. The Morgan fingerprint density at radius 1 is 0.926 bits per heavy atom. The van der Waals surface area contributed by atoms with Crippen molar-refractivity contribution in [1.82, 2.24) is 19.9 Å². The monoisotopic (exact) mass is 415 g/mol. The number of nitrogens with one attached hydrogen (secondary N) is 2. The first-order valence-corrected chi connectivity index (χ1v) is 7.71. The molecule has 0 amide bonds. The Kier molecular flexibility index (Phi) is 5.53. The van der Waals surface area contributed by atoms with Crippen molar-refractivity contribution in [1.29, 1.82) is 0 Å². The summed E-state index contributed by atoms with van der Waals surface area (Å²) in [6.45, 7) is 1.58. The highest BCUT2D eigenvalue weighted by molar-refractivity contribution is 6.29. The summed E-state index contributed by atoms with van der Waals surface area (Å²) in [5, 5.41) is 3.69. The highest BCUT2D eigenvalue weighted by Crippen LogP contribution is 2.26. The van der Waals surface area contributed by atoms with Crippen LogP contribution in [-0.4, -0.2) is 44.4 Å². The van der Waals surface area contributed by atoms with Crippen LogP contribution in [0.3, 0.4) is 0 Å². The number of nitrogens with zero attached hydrogens (tertiary/aromatic N) is 4. The van der Waals surface area contributed by atoms with Gasteiger partial charge in [0.15, 0.2) is 5.82 Å². The Bertz CT molecular complexity index is 806. The molecule has 2 atom stereocenters. The first-order valence-electron chi connectivity index (χ1n) is 7.83. The van der Waals surface area contributed by atoms with Gasteiger partial charge in [-0.05, 0) is 26.0 Å². The van der Waals surface area contributed by atoms with Crippen molar-refractivity contribution in [3.63, 3.8) is 0 Å². The predicted molar refractivity (Wildman–Crippen MR) is 86.3 cm³/mol. The van der Waals surface area contributed by atoms with E-state index < -0.39 is 36.3 Å². The van der Waals surface area contributed by atoms with Crippen LogP contribution in [-0.2, 0) is 0 Å². The van der Waals surface area contributed by atoms with Crippen molar-refractivity contribution in [2.24, 2.45) is 0 Å². The van der Waals surface area contributed by atoms with Crippen molar-refractivity contribution in [3.8, 4) is 11.5 Å². The van der Waals surface area contributed by atoms with E-state index in [1.165, 1.54) is 12.1 Å². The van der Waals surface area contributed by atoms with Gasteiger partial charge in [-0.25, -0.2) is 4.98 Å². The zero-order chi connectivity index (χ0) is 21.3. The van der Waals surface area contributed by atoms with Crippen LogP contribution in [0.15, 0.2) is 18.2 Å². The third-order valence-corrected chi connectivity index (χ3v) is 3.39. The molecule has 2 heterocycles. The van der Waals surface area contributed by atoms with Gasteiger partial charge in [-0.3, -0.25) is 0 Å². The number of pyridine rings is 1. The average Bonchev–Trinajstić information content (AvgIpc) is 2.55. The van der Waals surface area contributed by atoms with Gasteiger partial charge in [0.1, 0.15) is 22.9 Å². The number of halogens is 7. The number of aromatic nitrogens is 4. The van der Waals surface area contributed by atoms with Gasteiger partial charge in [0.05, 0.1) is 1.37 Å². The molecule has 2 aromatic heterocycles. The molecule has 0 aliphatic rings. The Morgan fingerprint density at radius 2 is 1.41 bits per heavy atom. The van der Waals surface area contributed by atoms with Crippen LogP contribution in [0.4, 0.5) is 38.2 Å². The first-order chi connectivity index (χ1) is 12.8. The molecule has 2 N–H and O–H groups in total. The molecule has 0 aromatic carbocycles. The highest BCUT2D eigenvalue weighted by Gasteiger charge is 2.38. The summed E-state index contributed by atoms with van der Waals surface area (Å²) in [7, 11) is 0. The predicted octanol–water partition coefficient (Wildman–Crippen LogP) is 4.31. The maximum Gasteiger partial charge on any atom is 0.408 e. The van der Waals surface area contributed by atoms with Crippen molar-refractivity contribution in [2.45, 2.75) is 38.3 Å². The smallest absolute Gasteiger partial charge is 0.343 e. The number of anilines is 2. The van der Waals surface area contributed by atoms with Crippen LogP contribution in [0.1, 0.15) is 15.2 Å². The van der Waals surface area contributed by atoms with Gasteiger partial charge in [-0.1, -0.05) is 17.7 Å². The van der Waals surface area contributed by atoms with Crippen molar-refractivity contribution in [2.75, 3.05) is 10.6 Å². The van der Waals surface area contributed by atoms with E-state index in [1.54, 1.807) is 0 Å². The second kappa shape index (κ2) is 7.71. The molecule has 0 fully saturated rings. The van der Waals surface area contributed by atoms with Crippen LogP contribution in [0, 0.1) is 0 Å². The fraction of sp³-hybridized carbons (Fsp3) is 0.429. The Hall–Kier alpha value is -2.37. The third kappa shape index (κ3) is 5.81. The molecule has 148 valence electrons. The molecule has 0 spiro atoms. The summed E-state index contributed by atoms with van der Waals surface area (Å²) < 4.78 is 84.1. The van der Waals surface area contributed by atoms with Crippen molar-refractivity contribution >= 4 is 23.5 Å². The van der Waals surface area contributed by atoms with E-state index in [1.807, 2.05) is 10.6 Å². The lowest BCUT2D eigenvalue weighted by atomic mass is 10.3.